The van der Waals surface area contributed by atoms with E-state index in [2.05, 4.69) is 10.2 Å². The number of aromatic amines is 1. The Labute approximate surface area is 89.6 Å². The second-order valence-electron chi connectivity index (χ2n) is 3.87. The number of hydrogen-bond donors (Lipinski definition) is 2. The van der Waals surface area contributed by atoms with Crippen LogP contribution in [0.3, 0.4) is 0 Å². The van der Waals surface area contributed by atoms with Gasteiger partial charge in [0.2, 0.25) is 0 Å². The summed E-state index contributed by atoms with van der Waals surface area (Å²) in [6, 6.07) is 0. The summed E-state index contributed by atoms with van der Waals surface area (Å²) in [5.74, 6) is 0.101. The summed E-state index contributed by atoms with van der Waals surface area (Å²) in [5.41, 5.74) is 7.47. The zero-order valence-corrected chi connectivity index (χ0v) is 9.66. The van der Waals surface area contributed by atoms with Crippen LogP contribution >= 0.6 is 0 Å². The van der Waals surface area contributed by atoms with Crippen molar-refractivity contribution in [2.24, 2.45) is 0 Å². The molecule has 0 unspecified atom stereocenters. The molecule has 0 aromatic carbocycles. The number of carbonyl (C=O) groups excluding carboxylic acids is 1. The van der Waals surface area contributed by atoms with Gasteiger partial charge in [-0.1, -0.05) is 13.8 Å². The zero-order chi connectivity index (χ0) is 11.6. The third kappa shape index (κ3) is 2.11. The normalized spacial score (nSPS) is 10.7. The molecule has 15 heavy (non-hydrogen) atoms. The highest BCUT2D eigenvalue weighted by Gasteiger charge is 2.20. The topological polar surface area (TPSA) is 75.0 Å². The Bertz CT molecular complexity index is 356. The van der Waals surface area contributed by atoms with Crippen LogP contribution in [0.15, 0.2) is 0 Å². The number of amides is 1. The maximum absolute atomic E-state index is 11.8. The highest BCUT2D eigenvalue weighted by Crippen LogP contribution is 2.22. The summed E-state index contributed by atoms with van der Waals surface area (Å²) in [4.78, 5) is 13.4. The molecule has 0 saturated carbocycles. The predicted octanol–water partition coefficient (Wildman–Crippen LogP) is 1.21. The molecule has 0 bridgehead atoms. The first-order chi connectivity index (χ1) is 6.99. The van der Waals surface area contributed by atoms with Crippen LogP contribution in [-0.2, 0) is 0 Å². The van der Waals surface area contributed by atoms with Crippen LogP contribution in [0.4, 0.5) is 5.69 Å². The molecular weight excluding hydrogens is 192 g/mol. The van der Waals surface area contributed by atoms with Gasteiger partial charge < -0.3 is 10.6 Å². The lowest BCUT2D eigenvalue weighted by Gasteiger charge is -2.12. The number of hydrogen-bond acceptors (Lipinski definition) is 3. The Morgan fingerprint density at radius 3 is 2.60 bits per heavy atom. The third-order valence-corrected chi connectivity index (χ3v) is 2.43. The van der Waals surface area contributed by atoms with Crippen LogP contribution in [0.1, 0.15) is 42.9 Å². The summed E-state index contributed by atoms with van der Waals surface area (Å²) >= 11 is 0. The molecule has 0 aliphatic carbocycles. The Hall–Kier alpha value is -1.52. The van der Waals surface area contributed by atoms with Crippen LogP contribution in [0.5, 0.6) is 0 Å². The van der Waals surface area contributed by atoms with Crippen molar-refractivity contribution in [3.63, 3.8) is 0 Å². The molecule has 0 fully saturated rings. The number of H-pyrrole nitrogens is 1. The first-order valence-electron chi connectivity index (χ1n) is 5.08. The fourth-order valence-electron chi connectivity index (χ4n) is 1.29. The number of nitrogens with zero attached hydrogens (tertiary/aromatic N) is 2. The Kier molecular flexibility index (Phi) is 3.34. The van der Waals surface area contributed by atoms with Gasteiger partial charge in [0.15, 0.2) is 5.69 Å². The van der Waals surface area contributed by atoms with E-state index in [9.17, 15) is 4.79 Å². The van der Waals surface area contributed by atoms with Crippen molar-refractivity contribution in [1.29, 1.82) is 0 Å². The van der Waals surface area contributed by atoms with Gasteiger partial charge in [-0.3, -0.25) is 9.89 Å². The molecule has 0 atom stereocenters. The van der Waals surface area contributed by atoms with Gasteiger partial charge in [0, 0.05) is 13.6 Å². The van der Waals surface area contributed by atoms with E-state index in [-0.39, 0.29) is 11.8 Å². The van der Waals surface area contributed by atoms with E-state index in [4.69, 9.17) is 5.73 Å². The lowest BCUT2D eigenvalue weighted by atomic mass is 10.1. The van der Waals surface area contributed by atoms with Crippen molar-refractivity contribution in [2.45, 2.75) is 26.7 Å². The molecule has 1 aromatic rings. The van der Waals surface area contributed by atoms with E-state index < -0.39 is 0 Å². The minimum atomic E-state index is -0.141. The molecule has 1 rings (SSSR count). The Morgan fingerprint density at radius 2 is 2.20 bits per heavy atom. The molecule has 5 heteroatoms. The van der Waals surface area contributed by atoms with Crippen molar-refractivity contribution in [3.05, 3.63) is 11.4 Å². The van der Waals surface area contributed by atoms with Gasteiger partial charge in [-0.15, -0.1) is 0 Å². The van der Waals surface area contributed by atoms with E-state index in [0.717, 1.165) is 5.69 Å². The van der Waals surface area contributed by atoms with E-state index in [0.29, 0.717) is 17.9 Å². The maximum atomic E-state index is 11.8. The maximum Gasteiger partial charge on any atom is 0.276 e. The molecule has 1 heterocycles. The number of rotatable bonds is 3. The van der Waals surface area contributed by atoms with Gasteiger partial charge in [-0.25, -0.2) is 0 Å². The standard InChI is InChI=1S/C10H18N4O/c1-5-14(4)10(15)9-7(11)8(6(2)3)12-13-9/h6H,5,11H2,1-4H3,(H,12,13). The number of nitrogens with one attached hydrogen (secondary N) is 1. The Morgan fingerprint density at radius 1 is 1.60 bits per heavy atom. The predicted molar refractivity (Wildman–Crippen MR) is 59.7 cm³/mol. The van der Waals surface area contributed by atoms with Gasteiger partial charge in [-0.05, 0) is 12.8 Å². The molecule has 0 spiro atoms. The largest absolute Gasteiger partial charge is 0.395 e. The van der Waals surface area contributed by atoms with E-state index in [1.807, 2.05) is 20.8 Å². The number of nitrogens with two attached hydrogens (primary N) is 1. The first-order valence-corrected chi connectivity index (χ1v) is 5.08. The minimum Gasteiger partial charge on any atom is -0.395 e. The smallest absolute Gasteiger partial charge is 0.276 e. The fraction of sp³-hybridized carbons (Fsp3) is 0.600. The zero-order valence-electron chi connectivity index (χ0n) is 9.66. The molecule has 0 aliphatic heterocycles. The molecule has 0 radical (unpaired) electrons. The van der Waals surface area contributed by atoms with Crippen LogP contribution < -0.4 is 5.73 Å². The van der Waals surface area contributed by atoms with Crippen molar-refractivity contribution < 1.29 is 4.79 Å². The van der Waals surface area contributed by atoms with Crippen molar-refractivity contribution in [1.82, 2.24) is 15.1 Å². The number of aromatic nitrogens is 2. The van der Waals surface area contributed by atoms with E-state index in [1.165, 1.54) is 0 Å². The molecule has 84 valence electrons. The molecule has 1 amide bonds. The third-order valence-electron chi connectivity index (χ3n) is 2.43. The second kappa shape index (κ2) is 4.33. The van der Waals surface area contributed by atoms with Gasteiger partial charge >= 0.3 is 0 Å². The van der Waals surface area contributed by atoms with Crippen molar-refractivity contribution >= 4 is 11.6 Å². The lowest BCUT2D eigenvalue weighted by Crippen LogP contribution is -2.27. The fourth-order valence-corrected chi connectivity index (χ4v) is 1.29. The van der Waals surface area contributed by atoms with Crippen LogP contribution in [0.2, 0.25) is 0 Å². The van der Waals surface area contributed by atoms with Crippen molar-refractivity contribution in [2.75, 3.05) is 19.3 Å². The monoisotopic (exact) mass is 210 g/mol. The molecule has 1 aromatic heterocycles. The molecular formula is C10H18N4O. The summed E-state index contributed by atoms with van der Waals surface area (Å²) < 4.78 is 0. The van der Waals surface area contributed by atoms with Crippen LogP contribution in [0, 0.1) is 0 Å². The van der Waals surface area contributed by atoms with E-state index in [1.54, 1.807) is 11.9 Å². The summed E-state index contributed by atoms with van der Waals surface area (Å²) in [6.07, 6.45) is 0. The van der Waals surface area contributed by atoms with Crippen LogP contribution in [-0.4, -0.2) is 34.6 Å². The summed E-state index contributed by atoms with van der Waals surface area (Å²) in [6.45, 7) is 6.55. The highest BCUT2D eigenvalue weighted by molar-refractivity contribution is 5.97. The Balaban J connectivity index is 3.01. The molecule has 3 N–H and O–H groups in total. The second-order valence-corrected chi connectivity index (χ2v) is 3.87. The van der Waals surface area contributed by atoms with Gasteiger partial charge in [0.25, 0.3) is 5.91 Å². The van der Waals surface area contributed by atoms with Gasteiger partial charge in [-0.2, -0.15) is 5.10 Å². The summed E-state index contributed by atoms with van der Waals surface area (Å²) in [7, 11) is 1.73. The minimum absolute atomic E-state index is 0.141. The lowest BCUT2D eigenvalue weighted by molar-refractivity contribution is 0.0797. The van der Waals surface area contributed by atoms with E-state index >= 15 is 0 Å². The first kappa shape index (κ1) is 11.6. The average Bonchev–Trinajstić information content (AvgIpc) is 2.57. The molecule has 0 aliphatic rings. The SMILES string of the molecule is CCN(C)C(=O)c1n[nH]c(C(C)C)c1N. The quantitative estimate of drug-likeness (QED) is 0.787. The molecule has 0 saturated heterocycles. The highest BCUT2D eigenvalue weighted by atomic mass is 16.2. The number of nitrogen functional groups attached to an aromatic ring is 1. The number of carbonyl (C=O) groups is 1. The number of anilines is 1. The average molecular weight is 210 g/mol. The molecule has 5 nitrogen and oxygen atoms in total. The van der Waals surface area contributed by atoms with Gasteiger partial charge in [0.1, 0.15) is 0 Å². The van der Waals surface area contributed by atoms with Crippen LogP contribution in [0.25, 0.3) is 0 Å². The summed E-state index contributed by atoms with van der Waals surface area (Å²) in [5, 5.41) is 6.78. The van der Waals surface area contributed by atoms with Crippen molar-refractivity contribution in [3.8, 4) is 0 Å². The van der Waals surface area contributed by atoms with Gasteiger partial charge in [0.05, 0.1) is 11.4 Å².